The lowest BCUT2D eigenvalue weighted by Gasteiger charge is -2.32. The first-order valence-electron chi connectivity index (χ1n) is 6.34. The molecule has 1 N–H and O–H groups in total. The largest absolute Gasteiger partial charge is 0.335 e. The van der Waals surface area contributed by atoms with Crippen LogP contribution in [0.5, 0.6) is 0 Å². The molecule has 1 fully saturated rings. The Balaban J connectivity index is 1.57. The van der Waals surface area contributed by atoms with E-state index in [1.54, 1.807) is 0 Å². The van der Waals surface area contributed by atoms with Crippen LogP contribution in [0.25, 0.3) is 0 Å². The number of nitrogens with one attached hydrogen (secondary N) is 1. The van der Waals surface area contributed by atoms with E-state index < -0.39 is 0 Å². The van der Waals surface area contributed by atoms with Crippen molar-refractivity contribution in [1.82, 2.24) is 19.8 Å². The Morgan fingerprint density at radius 2 is 2.19 bits per heavy atom. The van der Waals surface area contributed by atoms with Crippen molar-refractivity contribution in [3.05, 3.63) is 18.2 Å². The van der Waals surface area contributed by atoms with E-state index in [9.17, 15) is 0 Å². The number of aromatic nitrogens is 2. The van der Waals surface area contributed by atoms with Crippen LogP contribution in [-0.4, -0.2) is 47.2 Å². The summed E-state index contributed by atoms with van der Waals surface area (Å²) in [6.45, 7) is 7.18. The van der Waals surface area contributed by atoms with Crippen LogP contribution in [-0.2, 0) is 13.0 Å². The lowest BCUT2D eigenvalue weighted by Crippen LogP contribution is -2.46. The molecule has 16 heavy (non-hydrogen) atoms. The van der Waals surface area contributed by atoms with Gasteiger partial charge in [0, 0.05) is 51.2 Å². The molecule has 0 amide bonds. The van der Waals surface area contributed by atoms with E-state index in [4.69, 9.17) is 0 Å². The van der Waals surface area contributed by atoms with Gasteiger partial charge in [-0.15, -0.1) is 0 Å². The second-order valence-electron chi connectivity index (χ2n) is 4.99. The van der Waals surface area contributed by atoms with Gasteiger partial charge in [-0.1, -0.05) is 0 Å². The summed E-state index contributed by atoms with van der Waals surface area (Å²) in [6.07, 6.45) is 6.53. The normalized spacial score (nSPS) is 26.6. The van der Waals surface area contributed by atoms with Gasteiger partial charge < -0.3 is 14.8 Å². The van der Waals surface area contributed by atoms with Gasteiger partial charge in [-0.3, -0.25) is 0 Å². The van der Waals surface area contributed by atoms with Gasteiger partial charge >= 0.3 is 0 Å². The molecule has 4 nitrogen and oxygen atoms in total. The van der Waals surface area contributed by atoms with Crippen molar-refractivity contribution in [1.29, 1.82) is 0 Å². The lowest BCUT2D eigenvalue weighted by atomic mass is 9.95. The molecule has 2 aliphatic heterocycles. The molecular formula is C12H20N4. The van der Waals surface area contributed by atoms with Crippen LogP contribution < -0.4 is 5.32 Å². The van der Waals surface area contributed by atoms with Gasteiger partial charge in [0.25, 0.3) is 0 Å². The Morgan fingerprint density at radius 1 is 1.31 bits per heavy atom. The van der Waals surface area contributed by atoms with Crippen LogP contribution in [0.1, 0.15) is 12.1 Å². The van der Waals surface area contributed by atoms with Crippen LogP contribution >= 0.6 is 0 Å². The minimum atomic E-state index is 0.835. The molecule has 4 heteroatoms. The smallest absolute Gasteiger partial charge is 0.0948 e. The average Bonchev–Trinajstić information content (AvgIpc) is 2.77. The molecule has 1 unspecified atom stereocenters. The standard InChI is InChI=1S/C12H20N4/c1-4-16-10-14-8-12(16)7-11(1)9-15-5-2-13-3-6-15/h8,10-11,13H,1-7,9H2. The van der Waals surface area contributed by atoms with Crippen molar-refractivity contribution in [2.24, 2.45) is 5.92 Å². The summed E-state index contributed by atoms with van der Waals surface area (Å²) in [4.78, 5) is 6.83. The second kappa shape index (κ2) is 4.55. The van der Waals surface area contributed by atoms with Crippen molar-refractivity contribution >= 4 is 0 Å². The van der Waals surface area contributed by atoms with Crippen LogP contribution in [0.15, 0.2) is 12.5 Å². The predicted octanol–water partition coefficient (Wildman–Crippen LogP) is 0.351. The highest BCUT2D eigenvalue weighted by Gasteiger charge is 2.21. The van der Waals surface area contributed by atoms with Crippen LogP contribution in [0.3, 0.4) is 0 Å². The summed E-state index contributed by atoms with van der Waals surface area (Å²) in [6, 6.07) is 0. The summed E-state index contributed by atoms with van der Waals surface area (Å²) < 4.78 is 2.30. The zero-order chi connectivity index (χ0) is 10.8. The predicted molar refractivity (Wildman–Crippen MR) is 63.3 cm³/mol. The number of fused-ring (bicyclic) bond motifs is 1. The molecule has 2 aliphatic rings. The third-order valence-electron chi connectivity index (χ3n) is 3.80. The van der Waals surface area contributed by atoms with Crippen LogP contribution in [0.4, 0.5) is 0 Å². The Kier molecular flexibility index (Phi) is 2.93. The molecule has 0 saturated carbocycles. The first-order chi connectivity index (χ1) is 7.92. The van der Waals surface area contributed by atoms with Crippen molar-refractivity contribution < 1.29 is 0 Å². The van der Waals surface area contributed by atoms with E-state index in [-0.39, 0.29) is 0 Å². The number of hydrogen-bond acceptors (Lipinski definition) is 3. The SMILES string of the molecule is c1ncn2c1CC(CN1CCNCC1)CC2. The van der Waals surface area contributed by atoms with Crippen molar-refractivity contribution in [3.63, 3.8) is 0 Å². The molecule has 1 aromatic heterocycles. The van der Waals surface area contributed by atoms with E-state index >= 15 is 0 Å². The Labute approximate surface area is 96.7 Å². The highest BCUT2D eigenvalue weighted by Crippen LogP contribution is 2.20. The number of nitrogens with zero attached hydrogens (tertiary/aromatic N) is 3. The van der Waals surface area contributed by atoms with Gasteiger partial charge in [0.1, 0.15) is 0 Å². The molecule has 1 saturated heterocycles. The highest BCUT2D eigenvalue weighted by atomic mass is 15.2. The maximum Gasteiger partial charge on any atom is 0.0948 e. The highest BCUT2D eigenvalue weighted by molar-refractivity contribution is 5.03. The number of rotatable bonds is 2. The molecule has 0 aromatic carbocycles. The quantitative estimate of drug-likeness (QED) is 0.781. The van der Waals surface area contributed by atoms with Gasteiger partial charge in [-0.25, -0.2) is 4.98 Å². The molecule has 1 atom stereocenters. The monoisotopic (exact) mass is 220 g/mol. The zero-order valence-electron chi connectivity index (χ0n) is 9.73. The maximum atomic E-state index is 4.22. The molecule has 3 rings (SSSR count). The fourth-order valence-corrected chi connectivity index (χ4v) is 2.85. The number of piperazine rings is 1. The van der Waals surface area contributed by atoms with Gasteiger partial charge in [0.15, 0.2) is 0 Å². The minimum absolute atomic E-state index is 0.835. The number of aryl methyl sites for hydroxylation is 1. The molecule has 3 heterocycles. The first kappa shape index (κ1) is 10.3. The van der Waals surface area contributed by atoms with E-state index in [1.165, 1.54) is 38.2 Å². The second-order valence-corrected chi connectivity index (χ2v) is 4.99. The molecular weight excluding hydrogens is 200 g/mol. The fourth-order valence-electron chi connectivity index (χ4n) is 2.85. The van der Waals surface area contributed by atoms with Crippen molar-refractivity contribution in [2.75, 3.05) is 32.7 Å². The fraction of sp³-hybridized carbons (Fsp3) is 0.750. The number of hydrogen-bond donors (Lipinski definition) is 1. The summed E-state index contributed by atoms with van der Waals surface area (Å²) >= 11 is 0. The van der Waals surface area contributed by atoms with Gasteiger partial charge in [0.05, 0.1) is 6.33 Å². The first-order valence-corrected chi connectivity index (χ1v) is 6.34. The van der Waals surface area contributed by atoms with Gasteiger partial charge in [0.2, 0.25) is 0 Å². The van der Waals surface area contributed by atoms with Crippen molar-refractivity contribution in [2.45, 2.75) is 19.4 Å². The minimum Gasteiger partial charge on any atom is -0.335 e. The molecule has 1 aromatic rings. The van der Waals surface area contributed by atoms with Gasteiger partial charge in [-0.05, 0) is 18.8 Å². The summed E-state index contributed by atoms with van der Waals surface area (Å²) in [5.41, 5.74) is 1.42. The summed E-state index contributed by atoms with van der Waals surface area (Å²) in [5, 5.41) is 3.41. The number of imidazole rings is 1. The molecule has 0 aliphatic carbocycles. The molecule has 0 radical (unpaired) electrons. The van der Waals surface area contributed by atoms with E-state index in [0.29, 0.717) is 0 Å². The lowest BCUT2D eigenvalue weighted by molar-refractivity contribution is 0.189. The molecule has 0 bridgehead atoms. The van der Waals surface area contributed by atoms with Crippen LogP contribution in [0, 0.1) is 5.92 Å². The topological polar surface area (TPSA) is 33.1 Å². The maximum absolute atomic E-state index is 4.22. The zero-order valence-corrected chi connectivity index (χ0v) is 9.73. The molecule has 88 valence electrons. The average molecular weight is 220 g/mol. The van der Waals surface area contributed by atoms with E-state index in [1.807, 2.05) is 12.5 Å². The van der Waals surface area contributed by atoms with Crippen molar-refractivity contribution in [3.8, 4) is 0 Å². The van der Waals surface area contributed by atoms with E-state index in [2.05, 4.69) is 19.8 Å². The Hall–Kier alpha value is -0.870. The third-order valence-corrected chi connectivity index (χ3v) is 3.80. The van der Waals surface area contributed by atoms with E-state index in [0.717, 1.165) is 25.6 Å². The summed E-state index contributed by atoms with van der Waals surface area (Å²) in [7, 11) is 0. The summed E-state index contributed by atoms with van der Waals surface area (Å²) in [5.74, 6) is 0.835. The van der Waals surface area contributed by atoms with Gasteiger partial charge in [-0.2, -0.15) is 0 Å². The Morgan fingerprint density at radius 3 is 3.06 bits per heavy atom. The third kappa shape index (κ3) is 2.13. The molecule has 0 spiro atoms. The van der Waals surface area contributed by atoms with Crippen LogP contribution in [0.2, 0.25) is 0 Å². The Bertz CT molecular complexity index is 341.